The molecule has 4 unspecified atom stereocenters. The number of hydrogen-bond acceptors (Lipinski definition) is 4. The molecule has 3 heterocycles. The molecule has 3 fully saturated rings. The molecule has 0 radical (unpaired) electrons. The zero-order valence-corrected chi connectivity index (χ0v) is 13.6. The van der Waals surface area contributed by atoms with Gasteiger partial charge < -0.3 is 14.8 Å². The fraction of sp³-hybridized carbons (Fsp3) is 1.00. The second-order valence-corrected chi connectivity index (χ2v) is 6.94. The first-order valence-corrected chi connectivity index (χ1v) is 9.07. The number of ether oxygens (including phenoxy) is 2. The van der Waals surface area contributed by atoms with Crippen molar-refractivity contribution >= 4 is 0 Å². The van der Waals surface area contributed by atoms with Gasteiger partial charge >= 0.3 is 0 Å². The normalized spacial score (nSPS) is 35.0. The maximum atomic E-state index is 6.22. The van der Waals surface area contributed by atoms with Crippen LogP contribution in [0.5, 0.6) is 0 Å². The smallest absolute Gasteiger partial charge is 0.0855 e. The molecule has 4 nitrogen and oxygen atoms in total. The van der Waals surface area contributed by atoms with Crippen LogP contribution in [0.15, 0.2) is 0 Å². The zero-order valence-electron chi connectivity index (χ0n) is 13.6. The van der Waals surface area contributed by atoms with Crippen LogP contribution in [-0.2, 0) is 9.47 Å². The number of nitrogens with one attached hydrogen (secondary N) is 1. The first-order valence-electron chi connectivity index (χ1n) is 9.07. The molecule has 21 heavy (non-hydrogen) atoms. The second-order valence-electron chi connectivity index (χ2n) is 6.94. The second kappa shape index (κ2) is 7.91. The van der Waals surface area contributed by atoms with Crippen molar-refractivity contribution in [1.29, 1.82) is 0 Å². The van der Waals surface area contributed by atoms with Crippen molar-refractivity contribution in [3.8, 4) is 0 Å². The lowest BCUT2D eigenvalue weighted by Gasteiger charge is -2.39. The molecule has 0 saturated carbocycles. The van der Waals surface area contributed by atoms with E-state index in [0.717, 1.165) is 26.3 Å². The van der Waals surface area contributed by atoms with Crippen molar-refractivity contribution in [1.82, 2.24) is 10.2 Å². The van der Waals surface area contributed by atoms with Crippen LogP contribution >= 0.6 is 0 Å². The average Bonchev–Trinajstić information content (AvgIpc) is 3.17. The van der Waals surface area contributed by atoms with Crippen molar-refractivity contribution in [3.05, 3.63) is 0 Å². The van der Waals surface area contributed by atoms with Gasteiger partial charge in [0.2, 0.25) is 0 Å². The average molecular weight is 296 g/mol. The molecule has 3 aliphatic heterocycles. The van der Waals surface area contributed by atoms with Gasteiger partial charge in [-0.05, 0) is 58.0 Å². The first-order chi connectivity index (χ1) is 10.4. The molecule has 0 bridgehead atoms. The largest absolute Gasteiger partial charge is 0.378 e. The van der Waals surface area contributed by atoms with Gasteiger partial charge in [-0.3, -0.25) is 4.90 Å². The Balaban J connectivity index is 1.50. The van der Waals surface area contributed by atoms with Crippen molar-refractivity contribution < 1.29 is 9.47 Å². The summed E-state index contributed by atoms with van der Waals surface area (Å²) in [5, 5.41) is 3.74. The lowest BCUT2D eigenvalue weighted by atomic mass is 9.99. The third-order valence-electron chi connectivity index (χ3n) is 5.35. The summed E-state index contributed by atoms with van der Waals surface area (Å²) >= 11 is 0. The van der Waals surface area contributed by atoms with Crippen LogP contribution in [0.4, 0.5) is 0 Å². The monoisotopic (exact) mass is 296 g/mol. The predicted octanol–water partition coefficient (Wildman–Crippen LogP) is 2.18. The van der Waals surface area contributed by atoms with E-state index in [1.54, 1.807) is 0 Å². The van der Waals surface area contributed by atoms with Crippen molar-refractivity contribution in [2.75, 3.05) is 32.8 Å². The molecule has 1 N–H and O–H groups in total. The molecular formula is C17H32N2O2. The summed E-state index contributed by atoms with van der Waals surface area (Å²) < 4.78 is 12.0. The Morgan fingerprint density at radius 2 is 2.19 bits per heavy atom. The van der Waals surface area contributed by atoms with E-state index >= 15 is 0 Å². The SMILES string of the molecule is CCCNC(CCC1CCCO1)C1CN2CCCC2CO1. The van der Waals surface area contributed by atoms with Gasteiger partial charge in [0.05, 0.1) is 18.8 Å². The van der Waals surface area contributed by atoms with Crippen molar-refractivity contribution in [2.45, 2.75) is 76.2 Å². The molecule has 122 valence electrons. The number of rotatable bonds is 7. The van der Waals surface area contributed by atoms with Gasteiger partial charge in [-0.1, -0.05) is 6.92 Å². The molecule has 0 amide bonds. The summed E-state index contributed by atoms with van der Waals surface area (Å²) in [5.74, 6) is 0. The molecule has 4 heteroatoms. The summed E-state index contributed by atoms with van der Waals surface area (Å²) in [4.78, 5) is 2.65. The summed E-state index contributed by atoms with van der Waals surface area (Å²) in [6.07, 6.45) is 9.60. The van der Waals surface area contributed by atoms with Crippen LogP contribution in [0.2, 0.25) is 0 Å². The molecule has 0 spiro atoms. The Hall–Kier alpha value is -0.160. The fourth-order valence-corrected chi connectivity index (χ4v) is 4.07. The van der Waals surface area contributed by atoms with Crippen LogP contribution in [0.1, 0.15) is 51.9 Å². The molecule has 3 saturated heterocycles. The number of hydrogen-bond donors (Lipinski definition) is 1. The summed E-state index contributed by atoms with van der Waals surface area (Å²) in [7, 11) is 0. The zero-order chi connectivity index (χ0) is 14.5. The van der Waals surface area contributed by atoms with Gasteiger partial charge in [0.1, 0.15) is 0 Å². The van der Waals surface area contributed by atoms with E-state index in [0.29, 0.717) is 24.3 Å². The Morgan fingerprint density at radius 3 is 3.00 bits per heavy atom. The third-order valence-corrected chi connectivity index (χ3v) is 5.35. The summed E-state index contributed by atoms with van der Waals surface area (Å²) in [6, 6.07) is 1.20. The Bertz CT molecular complexity index is 307. The number of morpholine rings is 1. The first kappa shape index (κ1) is 15.7. The van der Waals surface area contributed by atoms with E-state index in [1.165, 1.54) is 51.5 Å². The Labute approximate surface area is 129 Å². The standard InChI is InChI=1S/C17H32N2O2/c1-2-9-18-16(8-7-15-6-4-11-20-15)17-12-19-10-3-5-14(19)13-21-17/h14-18H,2-13H2,1H3. The van der Waals surface area contributed by atoms with Gasteiger partial charge in [0, 0.05) is 25.2 Å². The molecule has 3 rings (SSSR count). The molecule has 0 aromatic heterocycles. The van der Waals surface area contributed by atoms with Gasteiger partial charge in [-0.25, -0.2) is 0 Å². The highest BCUT2D eigenvalue weighted by Crippen LogP contribution is 2.26. The predicted molar refractivity (Wildman–Crippen MR) is 84.6 cm³/mol. The molecule has 0 aromatic rings. The van der Waals surface area contributed by atoms with Crippen LogP contribution in [0.3, 0.4) is 0 Å². The molecule has 3 aliphatic rings. The minimum Gasteiger partial charge on any atom is -0.378 e. The Morgan fingerprint density at radius 1 is 1.24 bits per heavy atom. The van der Waals surface area contributed by atoms with Crippen molar-refractivity contribution in [2.24, 2.45) is 0 Å². The van der Waals surface area contributed by atoms with Gasteiger partial charge in [0.15, 0.2) is 0 Å². The molecular weight excluding hydrogens is 264 g/mol. The maximum Gasteiger partial charge on any atom is 0.0855 e. The maximum absolute atomic E-state index is 6.22. The van der Waals surface area contributed by atoms with E-state index in [1.807, 2.05) is 0 Å². The van der Waals surface area contributed by atoms with E-state index in [4.69, 9.17) is 9.47 Å². The van der Waals surface area contributed by atoms with Gasteiger partial charge in [-0.2, -0.15) is 0 Å². The van der Waals surface area contributed by atoms with E-state index in [-0.39, 0.29) is 0 Å². The lowest BCUT2D eigenvalue weighted by Crippen LogP contribution is -2.54. The minimum absolute atomic E-state index is 0.368. The summed E-state index contributed by atoms with van der Waals surface area (Å²) in [6.45, 7) is 7.64. The Kier molecular flexibility index (Phi) is 5.92. The highest BCUT2D eigenvalue weighted by molar-refractivity contribution is 4.90. The topological polar surface area (TPSA) is 33.7 Å². The minimum atomic E-state index is 0.368. The highest BCUT2D eigenvalue weighted by Gasteiger charge is 2.35. The van der Waals surface area contributed by atoms with Gasteiger partial charge in [-0.15, -0.1) is 0 Å². The fourth-order valence-electron chi connectivity index (χ4n) is 4.07. The van der Waals surface area contributed by atoms with Crippen LogP contribution in [-0.4, -0.2) is 62.0 Å². The van der Waals surface area contributed by atoms with Crippen LogP contribution in [0, 0.1) is 0 Å². The van der Waals surface area contributed by atoms with Crippen LogP contribution < -0.4 is 5.32 Å². The molecule has 0 aromatic carbocycles. The third kappa shape index (κ3) is 4.19. The number of fused-ring (bicyclic) bond motifs is 1. The molecule has 0 aliphatic carbocycles. The molecule has 4 atom stereocenters. The van der Waals surface area contributed by atoms with Gasteiger partial charge in [0.25, 0.3) is 0 Å². The number of nitrogens with zero attached hydrogens (tertiary/aromatic N) is 1. The summed E-state index contributed by atoms with van der Waals surface area (Å²) in [5.41, 5.74) is 0. The highest BCUT2D eigenvalue weighted by atomic mass is 16.5. The van der Waals surface area contributed by atoms with Crippen LogP contribution in [0.25, 0.3) is 0 Å². The lowest BCUT2D eigenvalue weighted by molar-refractivity contribution is -0.0671. The van der Waals surface area contributed by atoms with E-state index in [2.05, 4.69) is 17.1 Å². The van der Waals surface area contributed by atoms with E-state index < -0.39 is 0 Å². The van der Waals surface area contributed by atoms with E-state index in [9.17, 15) is 0 Å². The van der Waals surface area contributed by atoms with Crippen molar-refractivity contribution in [3.63, 3.8) is 0 Å². The quantitative estimate of drug-likeness (QED) is 0.781.